The molecule has 0 bridgehead atoms. The normalized spacial score (nSPS) is 21.4. The first-order chi connectivity index (χ1) is 9.57. The summed E-state index contributed by atoms with van der Waals surface area (Å²) in [4.78, 5) is 19.5. The van der Waals surface area contributed by atoms with E-state index in [-0.39, 0.29) is 11.4 Å². The molecule has 1 aromatic heterocycles. The maximum atomic E-state index is 12.3. The van der Waals surface area contributed by atoms with Crippen molar-refractivity contribution < 1.29 is 4.79 Å². The number of nitrogens with two attached hydrogens (primary N) is 1. The molecule has 6 heteroatoms. The van der Waals surface area contributed by atoms with E-state index in [0.717, 1.165) is 31.1 Å². The summed E-state index contributed by atoms with van der Waals surface area (Å²) in [6.07, 6.45) is 6.96. The van der Waals surface area contributed by atoms with Gasteiger partial charge in [-0.3, -0.25) is 4.79 Å². The number of hydrogen-bond donors (Lipinski definition) is 2. The highest BCUT2D eigenvalue weighted by atomic mass is 32.1. The van der Waals surface area contributed by atoms with Crippen LogP contribution in [0, 0.1) is 0 Å². The summed E-state index contributed by atoms with van der Waals surface area (Å²) in [7, 11) is 0. The number of carbonyl (C=O) groups excluding carboxylic acids is 1. The number of carbonyl (C=O) groups is 1. The summed E-state index contributed by atoms with van der Waals surface area (Å²) < 4.78 is 0. The van der Waals surface area contributed by atoms with Crippen LogP contribution in [0.25, 0.3) is 0 Å². The molecule has 0 aromatic carbocycles. The van der Waals surface area contributed by atoms with Crippen molar-refractivity contribution >= 4 is 28.2 Å². The zero-order chi connectivity index (χ0) is 14.2. The monoisotopic (exact) mass is 294 g/mol. The minimum absolute atomic E-state index is 0.0429. The third-order valence-corrected chi connectivity index (χ3v) is 5.48. The third-order valence-electron chi connectivity index (χ3n) is 4.35. The van der Waals surface area contributed by atoms with Crippen LogP contribution in [0.4, 0.5) is 10.9 Å². The second kappa shape index (κ2) is 5.24. The van der Waals surface area contributed by atoms with Gasteiger partial charge in [0, 0.05) is 18.6 Å². The van der Waals surface area contributed by atoms with Crippen molar-refractivity contribution in [1.29, 1.82) is 0 Å². The fourth-order valence-electron chi connectivity index (χ4n) is 2.87. The molecule has 2 fully saturated rings. The molecule has 0 atom stereocenters. The number of nitrogen functional groups attached to an aromatic ring is 1. The Morgan fingerprint density at radius 3 is 2.60 bits per heavy atom. The zero-order valence-corrected chi connectivity index (χ0v) is 12.8. The molecule has 20 heavy (non-hydrogen) atoms. The number of anilines is 2. The SMILES string of the molecule is CC1(NC(=O)c2sc(N3CCCCC3)nc2N)CCC1. The van der Waals surface area contributed by atoms with Crippen LogP contribution in [0.2, 0.25) is 0 Å². The Morgan fingerprint density at radius 1 is 1.30 bits per heavy atom. The zero-order valence-electron chi connectivity index (χ0n) is 11.9. The molecule has 2 aliphatic rings. The molecule has 1 amide bonds. The molecule has 3 N–H and O–H groups in total. The second-order valence-corrected chi connectivity index (χ2v) is 7.10. The van der Waals surface area contributed by atoms with Crippen molar-refractivity contribution in [3.63, 3.8) is 0 Å². The lowest BCUT2D eigenvalue weighted by atomic mass is 9.78. The van der Waals surface area contributed by atoms with E-state index in [1.54, 1.807) is 0 Å². The molecule has 1 saturated heterocycles. The number of thiazole rings is 1. The predicted molar refractivity (Wildman–Crippen MR) is 82.3 cm³/mol. The van der Waals surface area contributed by atoms with Crippen molar-refractivity contribution in [1.82, 2.24) is 10.3 Å². The summed E-state index contributed by atoms with van der Waals surface area (Å²) in [5.41, 5.74) is 5.90. The van der Waals surface area contributed by atoms with E-state index in [0.29, 0.717) is 10.7 Å². The summed E-state index contributed by atoms with van der Waals surface area (Å²) >= 11 is 1.43. The van der Waals surface area contributed by atoms with Gasteiger partial charge in [-0.25, -0.2) is 4.98 Å². The summed E-state index contributed by atoms with van der Waals surface area (Å²) in [6.45, 7) is 4.13. The van der Waals surface area contributed by atoms with Crippen molar-refractivity contribution in [3.05, 3.63) is 4.88 Å². The molecule has 3 rings (SSSR count). The Balaban J connectivity index is 1.72. The molecule has 0 unspecified atom stereocenters. The van der Waals surface area contributed by atoms with E-state index >= 15 is 0 Å². The summed E-state index contributed by atoms with van der Waals surface area (Å²) in [6, 6.07) is 0. The second-order valence-electron chi connectivity index (χ2n) is 6.13. The van der Waals surface area contributed by atoms with Gasteiger partial charge in [0.15, 0.2) is 5.13 Å². The number of nitrogens with zero attached hydrogens (tertiary/aromatic N) is 2. The highest BCUT2D eigenvalue weighted by Crippen LogP contribution is 2.34. The van der Waals surface area contributed by atoms with Crippen LogP contribution >= 0.6 is 11.3 Å². The van der Waals surface area contributed by atoms with Crippen molar-refractivity contribution in [3.8, 4) is 0 Å². The minimum Gasteiger partial charge on any atom is -0.382 e. The van der Waals surface area contributed by atoms with Gasteiger partial charge in [-0.15, -0.1) is 0 Å². The first-order valence-electron chi connectivity index (χ1n) is 7.41. The van der Waals surface area contributed by atoms with Gasteiger partial charge in [-0.2, -0.15) is 0 Å². The highest BCUT2D eigenvalue weighted by molar-refractivity contribution is 7.18. The van der Waals surface area contributed by atoms with Crippen LogP contribution in [0.1, 0.15) is 55.1 Å². The molecule has 2 heterocycles. The smallest absolute Gasteiger partial charge is 0.265 e. The average Bonchev–Trinajstić information content (AvgIpc) is 2.80. The van der Waals surface area contributed by atoms with E-state index < -0.39 is 0 Å². The van der Waals surface area contributed by atoms with Gasteiger partial charge in [-0.05, 0) is 45.4 Å². The van der Waals surface area contributed by atoms with Crippen LogP contribution in [-0.4, -0.2) is 29.5 Å². The van der Waals surface area contributed by atoms with Crippen molar-refractivity contribution in [2.75, 3.05) is 23.7 Å². The van der Waals surface area contributed by atoms with Gasteiger partial charge in [0.1, 0.15) is 10.7 Å². The molecule has 5 nitrogen and oxygen atoms in total. The molecule has 1 aliphatic carbocycles. The maximum absolute atomic E-state index is 12.3. The first-order valence-corrected chi connectivity index (χ1v) is 8.23. The topological polar surface area (TPSA) is 71.2 Å². The molecule has 0 radical (unpaired) electrons. The fourth-order valence-corrected chi connectivity index (χ4v) is 3.80. The number of nitrogens with one attached hydrogen (secondary N) is 1. The Bertz CT molecular complexity index is 503. The number of rotatable bonds is 3. The Labute approximate surface area is 123 Å². The fraction of sp³-hybridized carbons (Fsp3) is 0.714. The van der Waals surface area contributed by atoms with Gasteiger partial charge in [0.25, 0.3) is 5.91 Å². The standard InChI is InChI=1S/C14H22N4OS/c1-14(6-5-7-14)17-12(19)10-11(15)16-13(20-10)18-8-3-2-4-9-18/h2-9,15H2,1H3,(H,17,19). The van der Waals surface area contributed by atoms with Crippen LogP contribution in [0.3, 0.4) is 0 Å². The lowest BCUT2D eigenvalue weighted by molar-refractivity contribution is 0.0855. The molecule has 1 aromatic rings. The van der Waals surface area contributed by atoms with E-state index in [1.807, 2.05) is 0 Å². The summed E-state index contributed by atoms with van der Waals surface area (Å²) in [5, 5.41) is 3.99. The van der Waals surface area contributed by atoms with Crippen LogP contribution in [0.5, 0.6) is 0 Å². The van der Waals surface area contributed by atoms with E-state index in [9.17, 15) is 4.79 Å². The Kier molecular flexibility index (Phi) is 3.58. The lowest BCUT2D eigenvalue weighted by Crippen LogP contribution is -2.50. The van der Waals surface area contributed by atoms with Gasteiger partial charge in [-0.1, -0.05) is 11.3 Å². The van der Waals surface area contributed by atoms with Gasteiger partial charge < -0.3 is 16.0 Å². The maximum Gasteiger partial charge on any atom is 0.265 e. The van der Waals surface area contributed by atoms with Crippen LogP contribution in [-0.2, 0) is 0 Å². The molecule has 110 valence electrons. The minimum atomic E-state index is -0.0644. The molecule has 0 spiro atoms. The number of amides is 1. The van der Waals surface area contributed by atoms with Crippen LogP contribution in [0.15, 0.2) is 0 Å². The van der Waals surface area contributed by atoms with Gasteiger partial charge in [0.05, 0.1) is 0 Å². The van der Waals surface area contributed by atoms with Crippen molar-refractivity contribution in [2.45, 2.75) is 51.0 Å². The lowest BCUT2D eigenvalue weighted by Gasteiger charge is -2.38. The summed E-state index contributed by atoms with van der Waals surface area (Å²) in [5.74, 6) is 0.307. The quantitative estimate of drug-likeness (QED) is 0.898. The molecular formula is C14H22N4OS. The molecular weight excluding hydrogens is 272 g/mol. The first kappa shape index (κ1) is 13.7. The van der Waals surface area contributed by atoms with Crippen LogP contribution < -0.4 is 16.0 Å². The van der Waals surface area contributed by atoms with E-state index in [1.165, 1.54) is 37.0 Å². The predicted octanol–water partition coefficient (Wildman–Crippen LogP) is 2.39. The van der Waals surface area contributed by atoms with Crippen molar-refractivity contribution in [2.24, 2.45) is 0 Å². The highest BCUT2D eigenvalue weighted by Gasteiger charge is 2.34. The van der Waals surface area contributed by atoms with E-state index in [2.05, 4.69) is 22.1 Å². The number of hydrogen-bond acceptors (Lipinski definition) is 5. The van der Waals surface area contributed by atoms with Gasteiger partial charge >= 0.3 is 0 Å². The Morgan fingerprint density at radius 2 is 2.00 bits per heavy atom. The van der Waals surface area contributed by atoms with Gasteiger partial charge in [0.2, 0.25) is 0 Å². The Hall–Kier alpha value is -1.30. The largest absolute Gasteiger partial charge is 0.382 e. The molecule has 1 saturated carbocycles. The number of aromatic nitrogens is 1. The third kappa shape index (κ3) is 2.61. The average molecular weight is 294 g/mol. The molecule has 1 aliphatic heterocycles. The van der Waals surface area contributed by atoms with E-state index in [4.69, 9.17) is 5.73 Å². The number of piperidine rings is 1.